The molecule has 0 bridgehead atoms. The molecule has 0 atom stereocenters. The summed E-state index contributed by atoms with van der Waals surface area (Å²) in [5.41, 5.74) is 8.12. The van der Waals surface area contributed by atoms with E-state index in [0.29, 0.717) is 34.3 Å². The van der Waals surface area contributed by atoms with Gasteiger partial charge in [0.25, 0.3) is 11.9 Å². The van der Waals surface area contributed by atoms with Crippen molar-refractivity contribution in [3.8, 4) is 5.95 Å². The number of carbonyl (C=O) groups is 1. The maximum atomic E-state index is 11.8. The van der Waals surface area contributed by atoms with E-state index in [1.807, 2.05) is 30.3 Å². The number of hydrogen-bond donors (Lipinski definition) is 4. The Morgan fingerprint density at radius 3 is 2.52 bits per heavy atom. The topological polar surface area (TPSA) is 152 Å². The van der Waals surface area contributed by atoms with E-state index >= 15 is 0 Å². The van der Waals surface area contributed by atoms with Crippen molar-refractivity contribution in [2.45, 2.75) is 6.54 Å². The minimum atomic E-state index is -1.73. The number of nitrogens with zero attached hydrogens (tertiary/aromatic N) is 5. The van der Waals surface area contributed by atoms with Crippen LogP contribution in [0.3, 0.4) is 0 Å². The molecule has 5 rings (SSSR count). The fourth-order valence-electron chi connectivity index (χ4n) is 3.67. The number of primary amides is 1. The van der Waals surface area contributed by atoms with Gasteiger partial charge in [-0.1, -0.05) is 53.7 Å². The second kappa shape index (κ2) is 8.30. The Hall–Kier alpha value is -4.35. The molecule has 5 aromatic rings. The summed E-state index contributed by atoms with van der Waals surface area (Å²) >= 11 is 0. The number of nitrogens with one attached hydrogen (secondary N) is 1. The average Bonchev–Trinajstić information content (AvgIpc) is 3.26. The summed E-state index contributed by atoms with van der Waals surface area (Å²) in [6.07, 6.45) is 0. The summed E-state index contributed by atoms with van der Waals surface area (Å²) in [7, 11) is -1.73. The second-order valence-corrected chi connectivity index (χ2v) is 7.37. The van der Waals surface area contributed by atoms with E-state index in [1.54, 1.807) is 36.4 Å². The van der Waals surface area contributed by atoms with Crippen LogP contribution in [0.1, 0.15) is 15.9 Å². The molecule has 2 aromatic heterocycles. The van der Waals surface area contributed by atoms with Crippen molar-refractivity contribution in [3.05, 3.63) is 77.9 Å². The highest BCUT2D eigenvalue weighted by Gasteiger charge is 2.21. The van der Waals surface area contributed by atoms with Gasteiger partial charge in [0.1, 0.15) is 11.3 Å². The van der Waals surface area contributed by atoms with Gasteiger partial charge in [-0.25, -0.2) is 4.98 Å². The number of fused-ring (bicyclic) bond motifs is 2. The summed E-state index contributed by atoms with van der Waals surface area (Å²) < 4.78 is 1.38. The molecule has 162 valence electrons. The van der Waals surface area contributed by atoms with Crippen LogP contribution in [0.15, 0.2) is 66.7 Å². The fourth-order valence-corrected chi connectivity index (χ4v) is 3.67. The molecule has 2 heterocycles. The number of rotatable bonds is 6. The number of anilines is 1. The van der Waals surface area contributed by atoms with E-state index in [9.17, 15) is 14.8 Å². The van der Waals surface area contributed by atoms with Gasteiger partial charge in [0.15, 0.2) is 0 Å². The predicted molar refractivity (Wildman–Crippen MR) is 124 cm³/mol. The summed E-state index contributed by atoms with van der Waals surface area (Å²) in [6, 6.07) is 19.8. The first-order valence-corrected chi connectivity index (χ1v) is 10.1. The number of benzene rings is 3. The van der Waals surface area contributed by atoms with E-state index in [1.165, 1.54) is 4.68 Å². The van der Waals surface area contributed by atoms with Crippen molar-refractivity contribution in [2.24, 2.45) is 5.73 Å². The van der Waals surface area contributed by atoms with E-state index < -0.39 is 13.0 Å². The van der Waals surface area contributed by atoms with Crippen molar-refractivity contribution >= 4 is 46.2 Å². The third kappa shape index (κ3) is 3.75. The van der Waals surface area contributed by atoms with Crippen LogP contribution in [-0.4, -0.2) is 48.0 Å². The van der Waals surface area contributed by atoms with Crippen molar-refractivity contribution < 1.29 is 14.8 Å². The number of carbonyl (C=O) groups excluding carboxylic acids is 1. The highest BCUT2D eigenvalue weighted by molar-refractivity contribution is 6.61. The van der Waals surface area contributed by atoms with Crippen LogP contribution >= 0.6 is 0 Å². The molecule has 3 aromatic carbocycles. The molecular weight excluding hydrogens is 421 g/mol. The molecule has 0 fully saturated rings. The van der Waals surface area contributed by atoms with Crippen molar-refractivity contribution in [3.63, 3.8) is 0 Å². The summed E-state index contributed by atoms with van der Waals surface area (Å²) in [5.74, 6) is 0.00864. The smallest absolute Gasteiger partial charge is 0.423 e. The first kappa shape index (κ1) is 20.6. The Labute approximate surface area is 187 Å². The quantitative estimate of drug-likeness (QED) is 0.283. The van der Waals surface area contributed by atoms with Gasteiger partial charge in [-0.15, -0.1) is 5.10 Å². The van der Waals surface area contributed by atoms with Crippen LogP contribution < -0.4 is 16.5 Å². The maximum Gasteiger partial charge on any atom is 0.490 e. The molecule has 5 N–H and O–H groups in total. The first-order valence-electron chi connectivity index (χ1n) is 10.1. The van der Waals surface area contributed by atoms with Crippen molar-refractivity contribution in [2.75, 3.05) is 5.32 Å². The van der Waals surface area contributed by atoms with E-state index in [2.05, 4.69) is 25.6 Å². The standard InChI is InChI=1S/C22H18BN7O3/c24-20(31)14-8-5-11-17-19(14)28-29-30(17)22-26-18-15(9-4-10-16(18)23(32)33)21(27-22)25-12-13-6-2-1-3-7-13/h1-11,32-33H,12H2,(H2,24,31)(H,25,26,27). The molecule has 33 heavy (non-hydrogen) atoms. The van der Waals surface area contributed by atoms with Gasteiger partial charge in [0.2, 0.25) is 0 Å². The summed E-state index contributed by atoms with van der Waals surface area (Å²) in [6.45, 7) is 0.488. The summed E-state index contributed by atoms with van der Waals surface area (Å²) in [5, 5.41) is 31.9. The zero-order chi connectivity index (χ0) is 22.9. The van der Waals surface area contributed by atoms with Gasteiger partial charge >= 0.3 is 7.12 Å². The average molecular weight is 439 g/mol. The molecule has 11 heteroatoms. The lowest BCUT2D eigenvalue weighted by atomic mass is 9.79. The van der Waals surface area contributed by atoms with E-state index in [0.717, 1.165) is 5.56 Å². The molecule has 0 spiro atoms. The Balaban J connectivity index is 1.70. The number of hydrogen-bond acceptors (Lipinski definition) is 8. The molecule has 0 radical (unpaired) electrons. The van der Waals surface area contributed by atoms with Gasteiger partial charge in [-0.05, 0) is 23.8 Å². The zero-order valence-electron chi connectivity index (χ0n) is 17.3. The Bertz CT molecular complexity index is 1490. The SMILES string of the molecule is NC(=O)c1cccc2c1nnn2-c1nc(NCc2ccccc2)c2cccc(B(O)O)c2n1. The monoisotopic (exact) mass is 439 g/mol. The highest BCUT2D eigenvalue weighted by Crippen LogP contribution is 2.24. The molecule has 0 saturated heterocycles. The van der Waals surface area contributed by atoms with Gasteiger partial charge < -0.3 is 21.1 Å². The van der Waals surface area contributed by atoms with Crippen LogP contribution in [0.25, 0.3) is 27.9 Å². The maximum absolute atomic E-state index is 11.8. The van der Waals surface area contributed by atoms with E-state index in [-0.39, 0.29) is 17.0 Å². The van der Waals surface area contributed by atoms with Gasteiger partial charge in [0, 0.05) is 17.4 Å². The largest absolute Gasteiger partial charge is 0.490 e. The third-order valence-corrected chi connectivity index (χ3v) is 5.26. The Morgan fingerprint density at radius 2 is 1.76 bits per heavy atom. The van der Waals surface area contributed by atoms with E-state index in [4.69, 9.17) is 5.73 Å². The zero-order valence-corrected chi connectivity index (χ0v) is 17.3. The van der Waals surface area contributed by atoms with Gasteiger partial charge in [-0.2, -0.15) is 9.67 Å². The van der Waals surface area contributed by atoms with Gasteiger partial charge in [-0.3, -0.25) is 4.79 Å². The molecule has 0 aliphatic rings. The number of nitrogens with two attached hydrogens (primary N) is 1. The van der Waals surface area contributed by atoms with Crippen LogP contribution in [0.5, 0.6) is 0 Å². The normalized spacial score (nSPS) is 11.1. The summed E-state index contributed by atoms with van der Waals surface area (Å²) in [4.78, 5) is 21.0. The number of aromatic nitrogens is 5. The lowest BCUT2D eigenvalue weighted by Crippen LogP contribution is -2.31. The minimum absolute atomic E-state index is 0.148. The minimum Gasteiger partial charge on any atom is -0.423 e. The van der Waals surface area contributed by atoms with Crippen molar-refractivity contribution in [1.82, 2.24) is 25.0 Å². The molecule has 1 amide bonds. The van der Waals surface area contributed by atoms with Crippen LogP contribution in [0, 0.1) is 0 Å². The van der Waals surface area contributed by atoms with Crippen LogP contribution in [0.2, 0.25) is 0 Å². The first-order chi connectivity index (χ1) is 16.0. The molecule has 0 unspecified atom stereocenters. The Kier molecular flexibility index (Phi) is 5.17. The lowest BCUT2D eigenvalue weighted by Gasteiger charge is -2.13. The molecule has 0 aliphatic heterocycles. The van der Waals surface area contributed by atoms with Gasteiger partial charge in [0.05, 0.1) is 16.6 Å². The lowest BCUT2D eigenvalue weighted by molar-refractivity contribution is 0.100. The van der Waals surface area contributed by atoms with Crippen LogP contribution in [-0.2, 0) is 6.54 Å². The van der Waals surface area contributed by atoms with Crippen LogP contribution in [0.4, 0.5) is 5.82 Å². The number of para-hydroxylation sites is 1. The second-order valence-electron chi connectivity index (χ2n) is 7.37. The fraction of sp³-hybridized carbons (Fsp3) is 0.0455. The predicted octanol–water partition coefficient (Wildman–Crippen LogP) is 0.754. The van der Waals surface area contributed by atoms with Crippen molar-refractivity contribution in [1.29, 1.82) is 0 Å². The Morgan fingerprint density at radius 1 is 0.970 bits per heavy atom. The third-order valence-electron chi connectivity index (χ3n) is 5.26. The molecular formula is C22H18BN7O3. The molecule has 10 nitrogen and oxygen atoms in total. The molecule has 0 aliphatic carbocycles. The molecule has 0 saturated carbocycles. The highest BCUT2D eigenvalue weighted by atomic mass is 16.4. The number of amides is 1.